The van der Waals surface area contributed by atoms with Crippen LogP contribution in [0.15, 0.2) is 5.16 Å². The van der Waals surface area contributed by atoms with Gasteiger partial charge in [0.15, 0.2) is 0 Å². The lowest BCUT2D eigenvalue weighted by Gasteiger charge is -2.30. The second kappa shape index (κ2) is 3.08. The van der Waals surface area contributed by atoms with Crippen LogP contribution < -0.4 is 0 Å². The molecule has 0 saturated heterocycles. The zero-order valence-corrected chi connectivity index (χ0v) is 8.46. The Morgan fingerprint density at radius 3 is 2.17 bits per heavy atom. The molecule has 0 amide bonds. The summed E-state index contributed by atoms with van der Waals surface area (Å²) < 4.78 is 0. The van der Waals surface area contributed by atoms with Crippen LogP contribution >= 0.6 is 0 Å². The molecular weight excluding hydrogens is 150 g/mol. The summed E-state index contributed by atoms with van der Waals surface area (Å²) in [4.78, 5) is 0. The fourth-order valence-electron chi connectivity index (χ4n) is 1.39. The van der Waals surface area contributed by atoms with E-state index in [1.807, 2.05) is 0 Å². The molecule has 0 spiro atoms. The first kappa shape index (κ1) is 9.56. The molecule has 0 aliphatic heterocycles. The van der Waals surface area contributed by atoms with E-state index in [4.69, 9.17) is 5.21 Å². The second-order valence-corrected chi connectivity index (χ2v) is 4.64. The largest absolute Gasteiger partial charge is 0.411 e. The van der Waals surface area contributed by atoms with Crippen LogP contribution in [-0.2, 0) is 0 Å². The van der Waals surface area contributed by atoms with E-state index in [0.717, 1.165) is 5.71 Å². The Hall–Kier alpha value is -0.530. The van der Waals surface area contributed by atoms with Gasteiger partial charge in [0.25, 0.3) is 0 Å². The Balaban J connectivity index is 2.76. The van der Waals surface area contributed by atoms with Crippen molar-refractivity contribution in [3.63, 3.8) is 0 Å². The zero-order valence-electron chi connectivity index (χ0n) is 8.46. The van der Waals surface area contributed by atoms with Crippen molar-refractivity contribution in [2.75, 3.05) is 0 Å². The van der Waals surface area contributed by atoms with Crippen LogP contribution in [0.4, 0.5) is 0 Å². The molecule has 1 rings (SSSR count). The van der Waals surface area contributed by atoms with E-state index in [1.54, 1.807) is 0 Å². The summed E-state index contributed by atoms with van der Waals surface area (Å²) in [5.74, 6) is 1.09. The first-order chi connectivity index (χ1) is 5.50. The molecule has 0 aromatic carbocycles. The molecule has 1 fully saturated rings. The van der Waals surface area contributed by atoms with Crippen molar-refractivity contribution < 1.29 is 5.21 Å². The van der Waals surface area contributed by atoms with Gasteiger partial charge in [0.05, 0.1) is 5.71 Å². The van der Waals surface area contributed by atoms with Gasteiger partial charge in [-0.1, -0.05) is 32.9 Å². The molecule has 12 heavy (non-hydrogen) atoms. The van der Waals surface area contributed by atoms with Crippen LogP contribution in [0.1, 0.15) is 40.5 Å². The van der Waals surface area contributed by atoms with Gasteiger partial charge in [0.2, 0.25) is 0 Å². The maximum absolute atomic E-state index is 8.91. The summed E-state index contributed by atoms with van der Waals surface area (Å²) in [5.41, 5.74) is 1.05. The third-order valence-corrected chi connectivity index (χ3v) is 3.18. The SMILES string of the molecule is CC(C)C(C)(C)C(=NO)C1CC1. The molecule has 0 unspecified atom stereocenters. The standard InChI is InChI=1S/C10H19NO/c1-7(2)10(3,4)9(11-12)8-5-6-8/h7-8,12H,5-6H2,1-4H3. The Kier molecular flexibility index (Phi) is 2.45. The minimum atomic E-state index is 0.0515. The van der Waals surface area contributed by atoms with Gasteiger partial charge in [-0.25, -0.2) is 0 Å². The molecule has 0 radical (unpaired) electrons. The van der Waals surface area contributed by atoms with Crippen molar-refractivity contribution in [2.24, 2.45) is 22.4 Å². The van der Waals surface area contributed by atoms with Gasteiger partial charge >= 0.3 is 0 Å². The van der Waals surface area contributed by atoms with E-state index in [2.05, 4.69) is 32.9 Å². The van der Waals surface area contributed by atoms with Gasteiger partial charge in [-0.3, -0.25) is 0 Å². The molecule has 0 aromatic rings. The first-order valence-corrected chi connectivity index (χ1v) is 4.72. The highest BCUT2D eigenvalue weighted by Crippen LogP contribution is 2.41. The number of hydrogen-bond acceptors (Lipinski definition) is 2. The Labute approximate surface area is 74.7 Å². The van der Waals surface area contributed by atoms with Crippen LogP contribution in [0, 0.1) is 17.3 Å². The van der Waals surface area contributed by atoms with E-state index in [1.165, 1.54) is 12.8 Å². The molecule has 2 heteroatoms. The highest BCUT2D eigenvalue weighted by molar-refractivity contribution is 5.93. The van der Waals surface area contributed by atoms with E-state index in [9.17, 15) is 0 Å². The van der Waals surface area contributed by atoms with Gasteiger partial charge in [0, 0.05) is 11.3 Å². The first-order valence-electron chi connectivity index (χ1n) is 4.72. The number of nitrogens with zero attached hydrogens (tertiary/aromatic N) is 1. The Bertz CT molecular complexity index is 190. The molecule has 1 aliphatic carbocycles. The fourth-order valence-corrected chi connectivity index (χ4v) is 1.39. The Morgan fingerprint density at radius 2 is 1.92 bits per heavy atom. The van der Waals surface area contributed by atoms with Crippen LogP contribution in [0.25, 0.3) is 0 Å². The van der Waals surface area contributed by atoms with E-state index >= 15 is 0 Å². The average molecular weight is 169 g/mol. The molecule has 70 valence electrons. The summed E-state index contributed by atoms with van der Waals surface area (Å²) in [6, 6.07) is 0. The molecular formula is C10H19NO. The fraction of sp³-hybridized carbons (Fsp3) is 0.900. The predicted molar refractivity (Wildman–Crippen MR) is 50.6 cm³/mol. The van der Waals surface area contributed by atoms with Crippen molar-refractivity contribution in [1.82, 2.24) is 0 Å². The van der Waals surface area contributed by atoms with E-state index < -0.39 is 0 Å². The lowest BCUT2D eigenvalue weighted by atomic mass is 9.75. The normalized spacial score (nSPS) is 20.2. The van der Waals surface area contributed by atoms with Crippen molar-refractivity contribution in [1.29, 1.82) is 0 Å². The van der Waals surface area contributed by atoms with Gasteiger partial charge in [0.1, 0.15) is 0 Å². The minimum absolute atomic E-state index is 0.0515. The van der Waals surface area contributed by atoms with Gasteiger partial charge < -0.3 is 5.21 Å². The van der Waals surface area contributed by atoms with Crippen molar-refractivity contribution in [2.45, 2.75) is 40.5 Å². The average Bonchev–Trinajstić information content (AvgIpc) is 2.72. The third kappa shape index (κ3) is 1.62. The van der Waals surface area contributed by atoms with E-state index in [0.29, 0.717) is 11.8 Å². The molecule has 0 aromatic heterocycles. The highest BCUT2D eigenvalue weighted by atomic mass is 16.4. The molecule has 1 N–H and O–H groups in total. The molecule has 1 saturated carbocycles. The number of oxime groups is 1. The highest BCUT2D eigenvalue weighted by Gasteiger charge is 2.39. The van der Waals surface area contributed by atoms with Crippen LogP contribution in [0.3, 0.4) is 0 Å². The maximum Gasteiger partial charge on any atom is 0.0660 e. The summed E-state index contributed by atoms with van der Waals surface area (Å²) in [6.45, 7) is 8.66. The smallest absolute Gasteiger partial charge is 0.0660 e. The summed E-state index contributed by atoms with van der Waals surface area (Å²) in [5, 5.41) is 12.4. The van der Waals surface area contributed by atoms with Gasteiger partial charge in [-0.05, 0) is 18.8 Å². The van der Waals surface area contributed by atoms with Gasteiger partial charge in [-0.15, -0.1) is 0 Å². The third-order valence-electron chi connectivity index (χ3n) is 3.18. The van der Waals surface area contributed by atoms with Gasteiger partial charge in [-0.2, -0.15) is 0 Å². The molecule has 0 bridgehead atoms. The van der Waals surface area contributed by atoms with Crippen molar-refractivity contribution in [3.8, 4) is 0 Å². The summed E-state index contributed by atoms with van der Waals surface area (Å²) in [7, 11) is 0. The predicted octanol–water partition coefficient (Wildman–Crippen LogP) is 2.91. The summed E-state index contributed by atoms with van der Waals surface area (Å²) >= 11 is 0. The number of rotatable bonds is 3. The molecule has 1 aliphatic rings. The molecule has 0 atom stereocenters. The second-order valence-electron chi connectivity index (χ2n) is 4.64. The summed E-state index contributed by atoms with van der Waals surface area (Å²) in [6.07, 6.45) is 2.41. The van der Waals surface area contributed by atoms with Crippen molar-refractivity contribution in [3.05, 3.63) is 0 Å². The zero-order chi connectivity index (χ0) is 9.35. The lowest BCUT2D eigenvalue weighted by Crippen LogP contribution is -2.31. The Morgan fingerprint density at radius 1 is 1.42 bits per heavy atom. The topological polar surface area (TPSA) is 32.6 Å². The van der Waals surface area contributed by atoms with Crippen LogP contribution in [-0.4, -0.2) is 10.9 Å². The minimum Gasteiger partial charge on any atom is -0.411 e. The molecule has 0 heterocycles. The maximum atomic E-state index is 8.91. The lowest BCUT2D eigenvalue weighted by molar-refractivity contribution is 0.287. The van der Waals surface area contributed by atoms with Crippen LogP contribution in [0.2, 0.25) is 0 Å². The van der Waals surface area contributed by atoms with Crippen molar-refractivity contribution >= 4 is 5.71 Å². The molecule has 2 nitrogen and oxygen atoms in total. The quantitative estimate of drug-likeness (QED) is 0.393. The van der Waals surface area contributed by atoms with Crippen LogP contribution in [0.5, 0.6) is 0 Å². The monoisotopic (exact) mass is 169 g/mol. The van der Waals surface area contributed by atoms with E-state index in [-0.39, 0.29) is 5.41 Å². The number of hydrogen-bond donors (Lipinski definition) is 1.